The minimum Gasteiger partial charge on any atom is -0.313 e. The summed E-state index contributed by atoms with van der Waals surface area (Å²) in [6.45, 7) is 6.94. The van der Waals surface area contributed by atoms with Gasteiger partial charge < -0.3 is 5.32 Å². The Morgan fingerprint density at radius 3 is 3.06 bits per heavy atom. The zero-order chi connectivity index (χ0) is 12.1. The number of rotatable bonds is 6. The fourth-order valence-corrected chi connectivity index (χ4v) is 3.94. The number of nitrogens with zero attached hydrogens (tertiary/aromatic N) is 1. The summed E-state index contributed by atoms with van der Waals surface area (Å²) >= 11 is 5.48. The Bertz CT molecular complexity index is 334. The lowest BCUT2D eigenvalue weighted by Gasteiger charge is -2.24. The molecule has 0 radical (unpaired) electrons. The van der Waals surface area contributed by atoms with Crippen molar-refractivity contribution in [2.24, 2.45) is 0 Å². The number of halogens is 1. The highest BCUT2D eigenvalue weighted by molar-refractivity contribution is 9.10. The van der Waals surface area contributed by atoms with Crippen LogP contribution in [0.1, 0.15) is 31.1 Å². The molecule has 1 unspecified atom stereocenters. The summed E-state index contributed by atoms with van der Waals surface area (Å²) < 4.78 is 1.27. The Morgan fingerprint density at radius 2 is 2.47 bits per heavy atom. The molecule has 1 aliphatic heterocycles. The van der Waals surface area contributed by atoms with Gasteiger partial charge in [-0.25, -0.2) is 0 Å². The van der Waals surface area contributed by atoms with Crippen LogP contribution in [0.3, 0.4) is 0 Å². The smallest absolute Gasteiger partial charge is 0.0339 e. The normalized spacial score (nSPS) is 20.3. The predicted octanol–water partition coefficient (Wildman–Crippen LogP) is 3.47. The van der Waals surface area contributed by atoms with Gasteiger partial charge in [0.25, 0.3) is 0 Å². The molecule has 4 heteroatoms. The van der Waals surface area contributed by atoms with Gasteiger partial charge in [-0.05, 0) is 59.7 Å². The molecule has 0 amide bonds. The van der Waals surface area contributed by atoms with E-state index in [2.05, 4.69) is 44.5 Å². The van der Waals surface area contributed by atoms with Gasteiger partial charge in [0.2, 0.25) is 0 Å². The van der Waals surface area contributed by atoms with Crippen LogP contribution in [0.25, 0.3) is 0 Å². The predicted molar refractivity (Wildman–Crippen MR) is 78.6 cm³/mol. The lowest BCUT2D eigenvalue weighted by molar-refractivity contribution is 0.243. The van der Waals surface area contributed by atoms with Crippen molar-refractivity contribution in [1.82, 2.24) is 10.2 Å². The van der Waals surface area contributed by atoms with Gasteiger partial charge in [0.1, 0.15) is 0 Å². The van der Waals surface area contributed by atoms with Crippen LogP contribution in [0.5, 0.6) is 0 Å². The third-order valence-electron chi connectivity index (χ3n) is 3.24. The van der Waals surface area contributed by atoms with Crippen molar-refractivity contribution in [3.8, 4) is 0 Å². The second-order valence-electron chi connectivity index (χ2n) is 4.72. The van der Waals surface area contributed by atoms with Crippen LogP contribution in [-0.2, 0) is 6.54 Å². The van der Waals surface area contributed by atoms with Gasteiger partial charge in [-0.2, -0.15) is 0 Å². The van der Waals surface area contributed by atoms with E-state index in [1.165, 1.54) is 48.2 Å². The summed E-state index contributed by atoms with van der Waals surface area (Å²) in [6, 6.07) is 2.86. The van der Waals surface area contributed by atoms with E-state index in [0.717, 1.165) is 6.54 Å². The lowest BCUT2D eigenvalue weighted by Crippen LogP contribution is -2.37. The Labute approximate surface area is 117 Å². The highest BCUT2D eigenvalue weighted by atomic mass is 79.9. The molecule has 96 valence electrons. The third kappa shape index (κ3) is 4.05. The number of thiophene rings is 1. The van der Waals surface area contributed by atoms with Crippen LogP contribution in [-0.4, -0.2) is 30.6 Å². The van der Waals surface area contributed by atoms with E-state index in [9.17, 15) is 0 Å². The molecule has 2 nitrogen and oxygen atoms in total. The molecule has 17 heavy (non-hydrogen) atoms. The van der Waals surface area contributed by atoms with Gasteiger partial charge in [0.05, 0.1) is 0 Å². The number of hydrogen-bond acceptors (Lipinski definition) is 3. The van der Waals surface area contributed by atoms with Crippen LogP contribution >= 0.6 is 27.3 Å². The zero-order valence-corrected chi connectivity index (χ0v) is 12.8. The molecule has 0 aromatic carbocycles. The average molecular weight is 317 g/mol. The molecule has 0 aliphatic carbocycles. The van der Waals surface area contributed by atoms with E-state index in [0.29, 0.717) is 6.04 Å². The minimum absolute atomic E-state index is 0.709. The summed E-state index contributed by atoms with van der Waals surface area (Å²) in [5.41, 5.74) is 0. The second kappa shape index (κ2) is 6.88. The van der Waals surface area contributed by atoms with E-state index in [1.54, 1.807) is 0 Å². The first-order valence-electron chi connectivity index (χ1n) is 6.47. The Balaban J connectivity index is 1.89. The van der Waals surface area contributed by atoms with E-state index in [4.69, 9.17) is 0 Å². The van der Waals surface area contributed by atoms with Crippen molar-refractivity contribution in [2.75, 3.05) is 19.6 Å². The van der Waals surface area contributed by atoms with Crippen molar-refractivity contribution in [2.45, 2.75) is 38.8 Å². The Morgan fingerprint density at radius 1 is 1.59 bits per heavy atom. The molecule has 0 spiro atoms. The van der Waals surface area contributed by atoms with E-state index >= 15 is 0 Å². The molecule has 0 bridgehead atoms. The number of hydrogen-bond donors (Lipinski definition) is 1. The van der Waals surface area contributed by atoms with Gasteiger partial charge in [-0.3, -0.25) is 4.90 Å². The van der Waals surface area contributed by atoms with Gasteiger partial charge in [0.15, 0.2) is 0 Å². The van der Waals surface area contributed by atoms with Gasteiger partial charge >= 0.3 is 0 Å². The summed E-state index contributed by atoms with van der Waals surface area (Å²) in [5.74, 6) is 0. The fraction of sp³-hybridized carbons (Fsp3) is 0.692. The molecule has 2 rings (SSSR count). The van der Waals surface area contributed by atoms with Crippen molar-refractivity contribution < 1.29 is 0 Å². The van der Waals surface area contributed by atoms with Crippen molar-refractivity contribution in [3.63, 3.8) is 0 Å². The lowest BCUT2D eigenvalue weighted by atomic mass is 10.2. The molecule has 1 fully saturated rings. The maximum Gasteiger partial charge on any atom is 0.0339 e. The van der Waals surface area contributed by atoms with E-state index in [1.807, 2.05) is 11.3 Å². The minimum atomic E-state index is 0.709. The maximum atomic E-state index is 3.63. The highest BCUT2D eigenvalue weighted by Gasteiger charge is 2.18. The first-order chi connectivity index (χ1) is 8.29. The topological polar surface area (TPSA) is 15.3 Å². The van der Waals surface area contributed by atoms with E-state index in [-0.39, 0.29) is 0 Å². The van der Waals surface area contributed by atoms with Gasteiger partial charge in [-0.1, -0.05) is 6.92 Å². The summed E-state index contributed by atoms with van der Waals surface area (Å²) in [5, 5.41) is 5.75. The van der Waals surface area contributed by atoms with Gasteiger partial charge in [-0.15, -0.1) is 11.3 Å². The largest absolute Gasteiger partial charge is 0.313 e. The standard InChI is InChI=1S/C13H21BrN2S/c1-2-7-16(9-11-4-3-6-15-11)10-13-12(14)5-8-17-13/h5,8,11,15H,2-4,6-7,9-10H2,1H3. The molecule has 1 aromatic heterocycles. The first-order valence-corrected chi connectivity index (χ1v) is 8.14. The molecular weight excluding hydrogens is 296 g/mol. The Hall–Kier alpha value is 0.1000. The van der Waals surface area contributed by atoms with Crippen LogP contribution in [0, 0.1) is 0 Å². The van der Waals surface area contributed by atoms with Crippen LogP contribution < -0.4 is 5.32 Å². The monoisotopic (exact) mass is 316 g/mol. The summed E-state index contributed by atoms with van der Waals surface area (Å²) in [6.07, 6.45) is 3.91. The van der Waals surface area contributed by atoms with Crippen molar-refractivity contribution in [3.05, 3.63) is 20.8 Å². The fourth-order valence-electron chi connectivity index (χ4n) is 2.42. The SMILES string of the molecule is CCCN(Cc1sccc1Br)CC1CCCN1. The molecule has 1 atom stereocenters. The summed E-state index contributed by atoms with van der Waals surface area (Å²) in [7, 11) is 0. The van der Waals surface area contributed by atoms with Crippen LogP contribution in [0.4, 0.5) is 0 Å². The summed E-state index contributed by atoms with van der Waals surface area (Å²) in [4.78, 5) is 4.04. The molecule has 1 saturated heterocycles. The Kier molecular flexibility index (Phi) is 5.48. The molecule has 1 N–H and O–H groups in total. The maximum absolute atomic E-state index is 3.63. The molecule has 2 heterocycles. The quantitative estimate of drug-likeness (QED) is 0.864. The van der Waals surface area contributed by atoms with E-state index < -0.39 is 0 Å². The van der Waals surface area contributed by atoms with Gasteiger partial charge in [0, 0.05) is 28.5 Å². The zero-order valence-electron chi connectivity index (χ0n) is 10.4. The average Bonchev–Trinajstić information content (AvgIpc) is 2.92. The van der Waals surface area contributed by atoms with Crippen LogP contribution in [0.2, 0.25) is 0 Å². The highest BCUT2D eigenvalue weighted by Crippen LogP contribution is 2.24. The van der Waals surface area contributed by atoms with Crippen molar-refractivity contribution >= 4 is 27.3 Å². The molecule has 1 aromatic rings. The molecule has 0 saturated carbocycles. The third-order valence-corrected chi connectivity index (χ3v) is 5.15. The molecular formula is C13H21BrN2S. The van der Waals surface area contributed by atoms with Crippen molar-refractivity contribution in [1.29, 1.82) is 0 Å². The van der Waals surface area contributed by atoms with Crippen LogP contribution in [0.15, 0.2) is 15.9 Å². The first kappa shape index (κ1) is 13.5. The number of nitrogens with one attached hydrogen (secondary N) is 1. The second-order valence-corrected chi connectivity index (χ2v) is 6.58. The molecule has 1 aliphatic rings.